The molecule has 1 amide bonds. The number of halogens is 1. The molecule has 1 aliphatic carbocycles. The van der Waals surface area contributed by atoms with Crippen molar-refractivity contribution in [2.75, 3.05) is 37.3 Å². The van der Waals surface area contributed by atoms with E-state index in [4.69, 9.17) is 25.0 Å². The highest BCUT2D eigenvalue weighted by Crippen LogP contribution is 2.49. The summed E-state index contributed by atoms with van der Waals surface area (Å²) in [5.74, 6) is 0.334. The molecule has 2 N–H and O–H groups in total. The summed E-state index contributed by atoms with van der Waals surface area (Å²) in [5, 5.41) is 14.9. The number of carbonyl (C=O) groups excluding carboxylic acids is 1. The normalized spacial score (nSPS) is 25.6. The van der Waals surface area contributed by atoms with E-state index in [-0.39, 0.29) is 24.2 Å². The fraction of sp³-hybridized carbons (Fsp3) is 0.545. The number of aryl methyl sites for hydroxylation is 1. The number of likely N-dealkylation sites (tertiary alicyclic amines) is 1. The van der Waals surface area contributed by atoms with Crippen molar-refractivity contribution in [1.82, 2.24) is 24.9 Å². The highest BCUT2D eigenvalue weighted by Gasteiger charge is 2.42. The van der Waals surface area contributed by atoms with Crippen LogP contribution in [0.5, 0.6) is 5.88 Å². The summed E-state index contributed by atoms with van der Waals surface area (Å²) in [7, 11) is 2.11. The Balaban J connectivity index is 1.37. The number of hydrogen-bond donors (Lipinski definition) is 1. The van der Waals surface area contributed by atoms with Gasteiger partial charge in [0.1, 0.15) is 28.8 Å². The predicted octanol–water partition coefficient (Wildman–Crippen LogP) is 5.06. The standard InChI is InChI=1S/C33H41FN8O3S/c1-18-17-42(32(43)20(3)34)19(2)16-41(18)27-14-28(44-21(4)24-9-8-12-40(24)6)38-31(37-27)23-13-26(45-39-23)33(5)11-7-10-25-29(33)22(15-35)30(36)46-25/h13-14,18-19,21,24H,3,7-12,16-17,36H2,1-2,4-6H3/t18-,19+,21+,24+,33-/m1/s1. The zero-order valence-corrected chi connectivity index (χ0v) is 27.9. The SMILES string of the molecule is C=C(F)C(=O)N1C[C@@H](C)N(c2cc(O[C@@H](C)[C@@H]3CCCN3C)nc(-c3cc([C@@]4(C)CCCc5sc(N)c(C#N)c54)on3)n2)C[C@@H]1C. The molecular formula is C33H41FN8O3S. The summed E-state index contributed by atoms with van der Waals surface area (Å²) >= 11 is 1.47. The maximum Gasteiger partial charge on any atom is 0.282 e. The van der Waals surface area contributed by atoms with E-state index in [9.17, 15) is 14.4 Å². The summed E-state index contributed by atoms with van der Waals surface area (Å²) in [4.78, 5) is 29.2. The second-order valence-electron chi connectivity index (χ2n) is 13.1. The Morgan fingerprint density at radius 1 is 1.28 bits per heavy atom. The summed E-state index contributed by atoms with van der Waals surface area (Å²) in [6.45, 7) is 12.9. The Bertz CT molecular complexity index is 1700. The van der Waals surface area contributed by atoms with Crippen LogP contribution in [0.25, 0.3) is 11.5 Å². The number of nitrogens with two attached hydrogens (primary N) is 1. The molecule has 3 aromatic rings. The number of nitrogens with zero attached hydrogens (tertiary/aromatic N) is 7. The van der Waals surface area contributed by atoms with E-state index in [0.717, 1.165) is 49.1 Å². The zero-order valence-electron chi connectivity index (χ0n) is 27.0. The molecular weight excluding hydrogens is 607 g/mol. The minimum atomic E-state index is -0.967. The molecule has 2 saturated heterocycles. The number of piperazine rings is 1. The lowest BCUT2D eigenvalue weighted by Gasteiger charge is -2.44. The van der Waals surface area contributed by atoms with Gasteiger partial charge in [0.15, 0.2) is 17.3 Å². The number of fused-ring (bicyclic) bond motifs is 1. The second-order valence-corrected chi connectivity index (χ2v) is 14.3. The average molecular weight is 649 g/mol. The second kappa shape index (κ2) is 12.3. The van der Waals surface area contributed by atoms with Crippen LogP contribution in [0.4, 0.5) is 15.2 Å². The highest BCUT2D eigenvalue weighted by molar-refractivity contribution is 7.16. The van der Waals surface area contributed by atoms with Gasteiger partial charge < -0.3 is 24.8 Å². The van der Waals surface area contributed by atoms with Crippen molar-refractivity contribution in [3.63, 3.8) is 0 Å². The Labute approximate surface area is 272 Å². The minimum absolute atomic E-state index is 0.120. The summed E-state index contributed by atoms with van der Waals surface area (Å²) in [6, 6.07) is 5.80. The largest absolute Gasteiger partial charge is 0.473 e. The quantitative estimate of drug-likeness (QED) is 0.346. The third kappa shape index (κ3) is 5.62. The molecule has 0 unspecified atom stereocenters. The molecule has 5 heterocycles. The number of aromatic nitrogens is 3. The number of nitrogen functional groups attached to an aromatic ring is 1. The summed E-state index contributed by atoms with van der Waals surface area (Å²) in [5.41, 5.74) is 7.55. The van der Waals surface area contributed by atoms with Gasteiger partial charge in [-0.15, -0.1) is 11.3 Å². The first-order valence-electron chi connectivity index (χ1n) is 15.9. The van der Waals surface area contributed by atoms with E-state index in [1.165, 1.54) is 16.2 Å². The first kappa shape index (κ1) is 31.9. The Morgan fingerprint density at radius 3 is 2.76 bits per heavy atom. The number of rotatable bonds is 7. The number of anilines is 2. The maximum absolute atomic E-state index is 13.8. The van der Waals surface area contributed by atoms with Crippen LogP contribution in [0.2, 0.25) is 0 Å². The van der Waals surface area contributed by atoms with Crippen LogP contribution < -0.4 is 15.4 Å². The Kier molecular flexibility index (Phi) is 8.54. The van der Waals surface area contributed by atoms with Crippen molar-refractivity contribution in [2.24, 2.45) is 0 Å². The first-order chi connectivity index (χ1) is 21.9. The topological polar surface area (TPSA) is 138 Å². The van der Waals surface area contributed by atoms with Gasteiger partial charge in [-0.25, -0.2) is 9.37 Å². The molecule has 2 aliphatic heterocycles. The van der Waals surface area contributed by atoms with Gasteiger partial charge in [-0.2, -0.15) is 10.2 Å². The van der Waals surface area contributed by atoms with E-state index in [1.807, 2.05) is 26.0 Å². The Hall–Kier alpha value is -4.02. The van der Waals surface area contributed by atoms with Crippen LogP contribution in [0.3, 0.4) is 0 Å². The van der Waals surface area contributed by atoms with Crippen LogP contribution in [-0.2, 0) is 16.6 Å². The molecule has 6 rings (SSSR count). The number of nitriles is 1. The van der Waals surface area contributed by atoms with Crippen molar-refractivity contribution >= 4 is 28.1 Å². The van der Waals surface area contributed by atoms with Gasteiger partial charge in [-0.05, 0) is 79.0 Å². The van der Waals surface area contributed by atoms with E-state index in [1.54, 1.807) is 0 Å². The molecule has 13 heteroatoms. The first-order valence-corrected chi connectivity index (χ1v) is 16.7. The van der Waals surface area contributed by atoms with E-state index < -0.39 is 17.1 Å². The maximum atomic E-state index is 13.8. The number of likely N-dealkylation sites (N-methyl/N-ethyl adjacent to an activating group) is 1. The molecule has 0 radical (unpaired) electrons. The molecule has 0 aromatic carbocycles. The van der Waals surface area contributed by atoms with Crippen LogP contribution in [0.1, 0.15) is 75.1 Å². The molecule has 0 spiro atoms. The summed E-state index contributed by atoms with van der Waals surface area (Å²) < 4.78 is 26.3. The fourth-order valence-electron chi connectivity index (χ4n) is 7.40. The van der Waals surface area contributed by atoms with Crippen molar-refractivity contribution < 1.29 is 18.4 Å². The minimum Gasteiger partial charge on any atom is -0.473 e. The molecule has 0 bridgehead atoms. The predicted molar refractivity (Wildman–Crippen MR) is 174 cm³/mol. The van der Waals surface area contributed by atoms with E-state index >= 15 is 0 Å². The molecule has 11 nitrogen and oxygen atoms in total. The fourth-order valence-corrected chi connectivity index (χ4v) is 8.59. The van der Waals surface area contributed by atoms with Gasteiger partial charge >= 0.3 is 0 Å². The highest BCUT2D eigenvalue weighted by atomic mass is 32.1. The molecule has 5 atom stereocenters. The lowest BCUT2D eigenvalue weighted by molar-refractivity contribution is -0.131. The van der Waals surface area contributed by atoms with Gasteiger partial charge in [-0.3, -0.25) is 9.69 Å². The van der Waals surface area contributed by atoms with E-state index in [0.29, 0.717) is 52.6 Å². The molecule has 2 fully saturated rings. The zero-order chi connectivity index (χ0) is 32.9. The van der Waals surface area contributed by atoms with Crippen molar-refractivity contribution in [3.05, 3.63) is 46.3 Å². The van der Waals surface area contributed by atoms with Crippen molar-refractivity contribution in [2.45, 2.75) is 89.4 Å². The van der Waals surface area contributed by atoms with E-state index in [2.05, 4.69) is 48.5 Å². The Morgan fingerprint density at radius 2 is 2.07 bits per heavy atom. The van der Waals surface area contributed by atoms with Crippen LogP contribution in [-0.4, -0.2) is 81.7 Å². The number of ether oxygens (including phenoxy) is 1. The molecule has 3 aliphatic rings. The number of carbonyl (C=O) groups is 1. The smallest absolute Gasteiger partial charge is 0.282 e. The lowest BCUT2D eigenvalue weighted by Crippen LogP contribution is -2.58. The summed E-state index contributed by atoms with van der Waals surface area (Å²) in [6.07, 6.45) is 4.62. The number of amides is 1. The van der Waals surface area contributed by atoms with Gasteiger partial charge in [0.25, 0.3) is 5.91 Å². The third-order valence-corrected chi connectivity index (χ3v) is 11.0. The molecule has 0 saturated carbocycles. The molecule has 46 heavy (non-hydrogen) atoms. The van der Waals surface area contributed by atoms with Gasteiger partial charge in [0, 0.05) is 48.2 Å². The molecule has 244 valence electrons. The van der Waals surface area contributed by atoms with Crippen molar-refractivity contribution in [3.8, 4) is 23.5 Å². The van der Waals surface area contributed by atoms with Gasteiger partial charge in [-0.1, -0.05) is 11.7 Å². The number of thiophene rings is 1. The average Bonchev–Trinajstić information content (AvgIpc) is 3.76. The van der Waals surface area contributed by atoms with Gasteiger partial charge in [0.05, 0.1) is 11.0 Å². The van der Waals surface area contributed by atoms with Gasteiger partial charge in [0.2, 0.25) is 5.88 Å². The van der Waals surface area contributed by atoms with Crippen LogP contribution in [0.15, 0.2) is 29.1 Å². The van der Waals surface area contributed by atoms with Crippen LogP contribution >= 0.6 is 11.3 Å². The van der Waals surface area contributed by atoms with Crippen LogP contribution in [0, 0.1) is 11.3 Å². The lowest BCUT2D eigenvalue weighted by atomic mass is 9.71. The number of hydrogen-bond acceptors (Lipinski definition) is 11. The monoisotopic (exact) mass is 648 g/mol. The van der Waals surface area contributed by atoms with Crippen molar-refractivity contribution in [1.29, 1.82) is 5.26 Å². The molecule has 3 aromatic heterocycles. The third-order valence-electron chi connectivity index (χ3n) is 9.92.